The zero-order valence-electron chi connectivity index (χ0n) is 10.8. The molecule has 1 heterocycles. The first kappa shape index (κ1) is 13.6. The molecule has 0 saturated carbocycles. The summed E-state index contributed by atoms with van der Waals surface area (Å²) in [7, 11) is 0. The summed E-state index contributed by atoms with van der Waals surface area (Å²) in [4.78, 5) is 0. The lowest BCUT2D eigenvalue weighted by Gasteiger charge is -2.12. The molecule has 0 atom stereocenters. The average molecular weight is 348 g/mol. The summed E-state index contributed by atoms with van der Waals surface area (Å²) < 4.78 is 8.22. The molecule has 2 nitrogen and oxygen atoms in total. The minimum Gasteiger partial charge on any atom is -0.487 e. The van der Waals surface area contributed by atoms with Crippen molar-refractivity contribution in [2.75, 3.05) is 0 Å². The van der Waals surface area contributed by atoms with Gasteiger partial charge in [0, 0.05) is 22.4 Å². The van der Waals surface area contributed by atoms with Gasteiger partial charge in [-0.15, -0.1) is 11.3 Å². The zero-order chi connectivity index (χ0) is 13.9. The van der Waals surface area contributed by atoms with Gasteiger partial charge in [-0.2, -0.15) is 0 Å². The molecule has 3 rings (SSSR count). The second kappa shape index (κ2) is 5.95. The van der Waals surface area contributed by atoms with Gasteiger partial charge in [0.2, 0.25) is 0 Å². The first-order valence-electron chi connectivity index (χ1n) is 6.35. The highest BCUT2D eigenvalue weighted by atomic mass is 79.9. The number of fused-ring (bicyclic) bond motifs is 1. The Hall–Kier alpha value is -1.36. The van der Waals surface area contributed by atoms with E-state index < -0.39 is 0 Å². The van der Waals surface area contributed by atoms with E-state index >= 15 is 0 Å². The predicted molar refractivity (Wildman–Crippen MR) is 88.2 cm³/mol. The third-order valence-electron chi connectivity index (χ3n) is 3.20. The number of ether oxygens (including phenoxy) is 1. The predicted octanol–water partition coefficient (Wildman–Crippen LogP) is 4.70. The van der Waals surface area contributed by atoms with Gasteiger partial charge in [0.05, 0.1) is 4.47 Å². The van der Waals surface area contributed by atoms with Crippen molar-refractivity contribution in [1.82, 2.24) is 0 Å². The summed E-state index contributed by atoms with van der Waals surface area (Å²) in [6.07, 6.45) is 0. The number of nitrogens with two attached hydrogens (primary N) is 1. The maximum absolute atomic E-state index is 5.99. The van der Waals surface area contributed by atoms with Gasteiger partial charge in [-0.25, -0.2) is 0 Å². The molecule has 1 aromatic heterocycles. The lowest BCUT2D eigenvalue weighted by molar-refractivity contribution is 0.303. The fourth-order valence-corrected chi connectivity index (χ4v) is 3.64. The Morgan fingerprint density at radius 3 is 2.75 bits per heavy atom. The van der Waals surface area contributed by atoms with E-state index in [0.717, 1.165) is 15.8 Å². The molecule has 0 unspecified atom stereocenters. The van der Waals surface area contributed by atoms with Gasteiger partial charge in [0.15, 0.2) is 0 Å². The van der Waals surface area contributed by atoms with E-state index in [1.165, 1.54) is 15.6 Å². The van der Waals surface area contributed by atoms with Crippen molar-refractivity contribution in [2.24, 2.45) is 5.73 Å². The van der Waals surface area contributed by atoms with Crippen LogP contribution in [0.25, 0.3) is 10.1 Å². The van der Waals surface area contributed by atoms with Crippen LogP contribution in [0.1, 0.15) is 11.1 Å². The topological polar surface area (TPSA) is 35.2 Å². The van der Waals surface area contributed by atoms with Crippen molar-refractivity contribution in [3.8, 4) is 5.75 Å². The molecule has 0 radical (unpaired) electrons. The van der Waals surface area contributed by atoms with Gasteiger partial charge in [-0.1, -0.05) is 30.3 Å². The van der Waals surface area contributed by atoms with E-state index in [1.54, 1.807) is 11.3 Å². The fraction of sp³-hybridized carbons (Fsp3) is 0.125. The lowest BCUT2D eigenvalue weighted by atomic mass is 10.2. The summed E-state index contributed by atoms with van der Waals surface area (Å²) in [6, 6.07) is 14.3. The molecule has 0 fully saturated rings. The maximum Gasteiger partial charge on any atom is 0.138 e. The first-order valence-corrected chi connectivity index (χ1v) is 8.02. The summed E-state index contributed by atoms with van der Waals surface area (Å²) in [6.45, 7) is 1.03. The second-order valence-electron chi connectivity index (χ2n) is 4.48. The van der Waals surface area contributed by atoms with Crippen molar-refractivity contribution in [3.63, 3.8) is 0 Å². The van der Waals surface area contributed by atoms with Gasteiger partial charge >= 0.3 is 0 Å². The largest absolute Gasteiger partial charge is 0.487 e. The molecule has 102 valence electrons. The Labute approximate surface area is 130 Å². The van der Waals surface area contributed by atoms with Crippen molar-refractivity contribution >= 4 is 37.4 Å². The second-order valence-corrected chi connectivity index (χ2v) is 6.24. The summed E-state index contributed by atoms with van der Waals surface area (Å²) in [5, 5.41) is 3.42. The Morgan fingerprint density at radius 1 is 1.05 bits per heavy atom. The smallest absolute Gasteiger partial charge is 0.138 e. The molecule has 0 aliphatic carbocycles. The third kappa shape index (κ3) is 2.59. The van der Waals surface area contributed by atoms with Gasteiger partial charge in [0.1, 0.15) is 12.4 Å². The fourth-order valence-electron chi connectivity index (χ4n) is 2.17. The van der Waals surface area contributed by atoms with Crippen LogP contribution in [0.2, 0.25) is 0 Å². The molecular formula is C16H14BrNOS. The number of benzene rings is 2. The van der Waals surface area contributed by atoms with Crippen molar-refractivity contribution < 1.29 is 4.74 Å². The molecule has 0 amide bonds. The highest BCUT2D eigenvalue weighted by Gasteiger charge is 2.09. The number of thiophene rings is 1. The monoisotopic (exact) mass is 347 g/mol. The molecular weight excluding hydrogens is 334 g/mol. The Kier molecular flexibility index (Phi) is 4.05. The van der Waals surface area contributed by atoms with Crippen LogP contribution in [0.3, 0.4) is 0 Å². The van der Waals surface area contributed by atoms with Crippen molar-refractivity contribution in [3.05, 3.63) is 63.4 Å². The highest BCUT2D eigenvalue weighted by molar-refractivity contribution is 9.10. The third-order valence-corrected chi connectivity index (χ3v) is 4.84. The standard InChI is InChI=1S/C16H14BrNOS/c17-14-6-3-4-11(8-18)16(14)19-9-12-10-20-15-7-2-1-5-13(12)15/h1-7,10H,8-9,18H2. The van der Waals surface area contributed by atoms with Crippen molar-refractivity contribution in [2.45, 2.75) is 13.2 Å². The van der Waals surface area contributed by atoms with E-state index in [0.29, 0.717) is 13.2 Å². The van der Waals surface area contributed by atoms with Crippen LogP contribution in [-0.4, -0.2) is 0 Å². The molecule has 2 N–H and O–H groups in total. The normalized spacial score (nSPS) is 10.9. The molecule has 2 aromatic carbocycles. The van der Waals surface area contributed by atoms with E-state index in [2.05, 4.69) is 45.6 Å². The van der Waals surface area contributed by atoms with Gasteiger partial charge < -0.3 is 10.5 Å². The molecule has 4 heteroatoms. The minimum absolute atomic E-state index is 0.471. The van der Waals surface area contributed by atoms with Crippen LogP contribution >= 0.6 is 27.3 Å². The molecule has 3 aromatic rings. The molecule has 0 bridgehead atoms. The van der Waals surface area contributed by atoms with Gasteiger partial charge in [-0.05, 0) is 38.8 Å². The van der Waals surface area contributed by atoms with Crippen LogP contribution in [0, 0.1) is 0 Å². The molecule has 0 aliphatic heterocycles. The van der Waals surface area contributed by atoms with Crippen molar-refractivity contribution in [1.29, 1.82) is 0 Å². The van der Waals surface area contributed by atoms with Crippen LogP contribution in [0.15, 0.2) is 52.3 Å². The number of para-hydroxylation sites is 1. The number of hydrogen-bond donors (Lipinski definition) is 1. The van der Waals surface area contributed by atoms with Crippen LogP contribution in [-0.2, 0) is 13.2 Å². The highest BCUT2D eigenvalue weighted by Crippen LogP contribution is 2.31. The number of rotatable bonds is 4. The molecule has 20 heavy (non-hydrogen) atoms. The van der Waals surface area contributed by atoms with Gasteiger partial charge in [-0.3, -0.25) is 0 Å². The Balaban J connectivity index is 1.87. The van der Waals surface area contributed by atoms with Crippen LogP contribution in [0.5, 0.6) is 5.75 Å². The van der Waals surface area contributed by atoms with Gasteiger partial charge in [0.25, 0.3) is 0 Å². The SMILES string of the molecule is NCc1cccc(Br)c1OCc1csc2ccccc12. The molecule has 0 aliphatic rings. The van der Waals surface area contributed by atoms with E-state index in [9.17, 15) is 0 Å². The van der Waals surface area contributed by atoms with Crippen LogP contribution < -0.4 is 10.5 Å². The quantitative estimate of drug-likeness (QED) is 0.742. The average Bonchev–Trinajstić information content (AvgIpc) is 2.89. The summed E-state index contributed by atoms with van der Waals surface area (Å²) in [5.74, 6) is 0.838. The first-order chi connectivity index (χ1) is 9.79. The van der Waals surface area contributed by atoms with Crippen LogP contribution in [0.4, 0.5) is 0 Å². The minimum atomic E-state index is 0.471. The van der Waals surface area contributed by atoms with E-state index in [1.807, 2.05) is 18.2 Å². The van der Waals surface area contributed by atoms with E-state index in [4.69, 9.17) is 10.5 Å². The lowest BCUT2D eigenvalue weighted by Crippen LogP contribution is -2.03. The number of halogens is 1. The maximum atomic E-state index is 5.99. The summed E-state index contributed by atoms with van der Waals surface area (Å²) >= 11 is 5.27. The zero-order valence-corrected chi connectivity index (χ0v) is 13.2. The molecule has 0 saturated heterocycles. The molecule has 0 spiro atoms. The summed E-state index contributed by atoms with van der Waals surface area (Å²) in [5.41, 5.74) is 7.99. The number of hydrogen-bond acceptors (Lipinski definition) is 3. The Morgan fingerprint density at radius 2 is 1.90 bits per heavy atom. The Bertz CT molecular complexity index is 738. The van der Waals surface area contributed by atoms with E-state index in [-0.39, 0.29) is 0 Å².